The van der Waals surface area contributed by atoms with Crippen LogP contribution in [0.25, 0.3) is 0 Å². The number of aliphatic hydroxyl groups is 1. The first-order valence-corrected chi connectivity index (χ1v) is 7.37. The predicted octanol–water partition coefficient (Wildman–Crippen LogP) is 1.39. The zero-order valence-corrected chi connectivity index (χ0v) is 11.9. The average Bonchev–Trinajstić information content (AvgIpc) is 2.25. The second-order valence-corrected chi connectivity index (χ2v) is 5.97. The molecule has 4 nitrogen and oxygen atoms in total. The normalized spacial score (nSPS) is 11.3. The van der Waals surface area contributed by atoms with E-state index in [4.69, 9.17) is 5.11 Å². The summed E-state index contributed by atoms with van der Waals surface area (Å²) >= 11 is 0. The molecule has 0 amide bonds. The van der Waals surface area contributed by atoms with E-state index in [1.807, 2.05) is 0 Å². The van der Waals surface area contributed by atoms with Crippen LogP contribution < -0.4 is 4.72 Å². The van der Waals surface area contributed by atoms with E-state index in [1.165, 1.54) is 0 Å². The molecule has 0 saturated heterocycles. The second kappa shape index (κ2) is 6.79. The van der Waals surface area contributed by atoms with Gasteiger partial charge in [-0.2, -0.15) is 0 Å². The Kier molecular flexibility index (Phi) is 5.62. The molecule has 0 aromatic heterocycles. The molecule has 0 bridgehead atoms. The lowest BCUT2D eigenvalue weighted by Gasteiger charge is -2.12. The first-order valence-electron chi connectivity index (χ1n) is 5.89. The van der Waals surface area contributed by atoms with Gasteiger partial charge in [0, 0.05) is 18.5 Å². The number of halogens is 2. The minimum atomic E-state index is -4.13. The Morgan fingerprint density at radius 3 is 2.55 bits per heavy atom. The maximum Gasteiger partial charge on any atom is 0.244 e. The van der Waals surface area contributed by atoms with Crippen LogP contribution in [-0.4, -0.2) is 26.2 Å². The highest BCUT2D eigenvalue weighted by Gasteiger charge is 2.24. The Hall–Kier alpha value is -1.49. The summed E-state index contributed by atoms with van der Waals surface area (Å²) in [5.41, 5.74) is -0.274. The van der Waals surface area contributed by atoms with E-state index < -0.39 is 32.6 Å². The highest BCUT2D eigenvalue weighted by Crippen LogP contribution is 2.21. The van der Waals surface area contributed by atoms with Gasteiger partial charge in [-0.05, 0) is 19.9 Å². The second-order valence-electron chi connectivity index (χ2n) is 4.32. The van der Waals surface area contributed by atoms with Gasteiger partial charge in [-0.25, -0.2) is 21.9 Å². The Bertz CT molecular complexity index is 646. The van der Waals surface area contributed by atoms with Crippen LogP contribution in [0.4, 0.5) is 8.78 Å². The summed E-state index contributed by atoms with van der Waals surface area (Å²) in [7, 11) is -4.13. The fourth-order valence-electron chi connectivity index (χ4n) is 1.51. The van der Waals surface area contributed by atoms with E-state index in [-0.39, 0.29) is 18.6 Å². The molecule has 0 radical (unpaired) electrons. The fraction of sp³-hybridized carbons (Fsp3) is 0.385. The molecule has 2 N–H and O–H groups in total. The van der Waals surface area contributed by atoms with Crippen molar-refractivity contribution in [1.29, 1.82) is 0 Å². The van der Waals surface area contributed by atoms with E-state index in [2.05, 4.69) is 16.6 Å². The summed E-state index contributed by atoms with van der Waals surface area (Å²) in [4.78, 5) is -0.682. The number of hydrogen-bond acceptors (Lipinski definition) is 3. The van der Waals surface area contributed by atoms with Gasteiger partial charge >= 0.3 is 0 Å². The van der Waals surface area contributed by atoms with E-state index in [9.17, 15) is 17.2 Å². The van der Waals surface area contributed by atoms with Gasteiger partial charge in [0.2, 0.25) is 10.0 Å². The van der Waals surface area contributed by atoms with Gasteiger partial charge in [0.15, 0.2) is 0 Å². The van der Waals surface area contributed by atoms with Crippen LogP contribution in [0, 0.1) is 23.5 Å². The standard InChI is InChI=1S/C13H15F2NO3S/c1-9(2)16-20(18,19)13-10(5-3-4-6-17)7-11(14)8-12(13)15/h7-9,16-17H,4,6H2,1-2H3. The van der Waals surface area contributed by atoms with Crippen molar-refractivity contribution in [1.82, 2.24) is 4.72 Å². The van der Waals surface area contributed by atoms with Crippen LogP contribution in [0.2, 0.25) is 0 Å². The van der Waals surface area contributed by atoms with Gasteiger partial charge in [0.25, 0.3) is 0 Å². The fourth-order valence-corrected chi connectivity index (χ4v) is 2.96. The molecule has 0 atom stereocenters. The van der Waals surface area contributed by atoms with Crippen molar-refractivity contribution in [3.8, 4) is 11.8 Å². The van der Waals surface area contributed by atoms with Gasteiger partial charge in [0.05, 0.1) is 12.2 Å². The van der Waals surface area contributed by atoms with Crippen molar-refractivity contribution in [2.45, 2.75) is 31.2 Å². The first-order chi connectivity index (χ1) is 9.27. The van der Waals surface area contributed by atoms with Crippen LogP contribution in [0.5, 0.6) is 0 Å². The molecule has 0 heterocycles. The molecular weight excluding hydrogens is 288 g/mol. The molecule has 1 rings (SSSR count). The van der Waals surface area contributed by atoms with Crippen LogP contribution in [-0.2, 0) is 10.0 Å². The third-order valence-electron chi connectivity index (χ3n) is 2.13. The largest absolute Gasteiger partial charge is 0.395 e. The lowest BCUT2D eigenvalue weighted by Crippen LogP contribution is -2.31. The van der Waals surface area contributed by atoms with Gasteiger partial charge < -0.3 is 5.11 Å². The number of rotatable bonds is 4. The quantitative estimate of drug-likeness (QED) is 0.826. The molecular formula is C13H15F2NO3S. The summed E-state index contributed by atoms with van der Waals surface area (Å²) in [5.74, 6) is 2.69. The zero-order chi connectivity index (χ0) is 15.3. The van der Waals surface area contributed by atoms with Crippen LogP contribution in [0.3, 0.4) is 0 Å². The topological polar surface area (TPSA) is 66.4 Å². The first kappa shape index (κ1) is 16.6. The molecule has 0 fully saturated rings. The van der Waals surface area contributed by atoms with Crippen molar-refractivity contribution in [2.75, 3.05) is 6.61 Å². The van der Waals surface area contributed by atoms with Crippen molar-refractivity contribution in [3.05, 3.63) is 29.3 Å². The molecule has 1 aromatic rings. The predicted molar refractivity (Wildman–Crippen MR) is 70.4 cm³/mol. The maximum absolute atomic E-state index is 13.8. The SMILES string of the molecule is CC(C)NS(=O)(=O)c1c(F)cc(F)cc1C#CCCO. The van der Waals surface area contributed by atoms with E-state index >= 15 is 0 Å². The smallest absolute Gasteiger partial charge is 0.244 e. The molecule has 0 spiro atoms. The van der Waals surface area contributed by atoms with E-state index in [0.29, 0.717) is 6.07 Å². The Balaban J connectivity index is 3.42. The highest BCUT2D eigenvalue weighted by atomic mass is 32.2. The molecule has 7 heteroatoms. The van der Waals surface area contributed by atoms with Gasteiger partial charge in [-0.15, -0.1) is 0 Å². The molecule has 0 saturated carbocycles. The molecule has 0 aliphatic heterocycles. The number of nitrogens with one attached hydrogen (secondary N) is 1. The summed E-state index contributed by atoms with van der Waals surface area (Å²) in [5, 5.41) is 8.62. The maximum atomic E-state index is 13.8. The number of aliphatic hydroxyl groups excluding tert-OH is 1. The van der Waals surface area contributed by atoms with Crippen LogP contribution >= 0.6 is 0 Å². The van der Waals surface area contributed by atoms with E-state index in [0.717, 1.165) is 6.07 Å². The molecule has 0 aliphatic carbocycles. The van der Waals surface area contributed by atoms with Crippen molar-refractivity contribution < 1.29 is 22.3 Å². The Morgan fingerprint density at radius 1 is 1.35 bits per heavy atom. The molecule has 20 heavy (non-hydrogen) atoms. The van der Waals surface area contributed by atoms with Gasteiger partial charge in [-0.1, -0.05) is 11.8 Å². The number of benzene rings is 1. The molecule has 1 aromatic carbocycles. The third-order valence-corrected chi connectivity index (χ3v) is 3.86. The van der Waals surface area contributed by atoms with Crippen LogP contribution in [0.1, 0.15) is 25.8 Å². The third kappa shape index (κ3) is 4.27. The Labute approximate surface area is 116 Å². The zero-order valence-electron chi connectivity index (χ0n) is 11.1. The molecule has 0 unspecified atom stereocenters. The summed E-state index contributed by atoms with van der Waals surface area (Å²) in [6.45, 7) is 2.93. The van der Waals surface area contributed by atoms with Crippen molar-refractivity contribution in [2.24, 2.45) is 0 Å². The number of sulfonamides is 1. The van der Waals surface area contributed by atoms with Crippen LogP contribution in [0.15, 0.2) is 17.0 Å². The summed E-state index contributed by atoms with van der Waals surface area (Å²) in [6.07, 6.45) is 0.0786. The monoisotopic (exact) mass is 303 g/mol. The lowest BCUT2D eigenvalue weighted by atomic mass is 10.2. The minimum Gasteiger partial charge on any atom is -0.395 e. The van der Waals surface area contributed by atoms with Crippen molar-refractivity contribution >= 4 is 10.0 Å². The average molecular weight is 303 g/mol. The highest BCUT2D eigenvalue weighted by molar-refractivity contribution is 7.89. The summed E-state index contributed by atoms with van der Waals surface area (Å²) < 4.78 is 53.3. The Morgan fingerprint density at radius 2 is 2.00 bits per heavy atom. The number of hydrogen-bond donors (Lipinski definition) is 2. The van der Waals surface area contributed by atoms with Gasteiger partial charge in [0.1, 0.15) is 16.5 Å². The summed E-state index contributed by atoms with van der Waals surface area (Å²) in [6, 6.07) is 0.900. The van der Waals surface area contributed by atoms with Crippen molar-refractivity contribution in [3.63, 3.8) is 0 Å². The molecule has 110 valence electrons. The van der Waals surface area contributed by atoms with Gasteiger partial charge in [-0.3, -0.25) is 0 Å². The lowest BCUT2D eigenvalue weighted by molar-refractivity contribution is 0.305. The minimum absolute atomic E-state index is 0.0786. The van der Waals surface area contributed by atoms with E-state index in [1.54, 1.807) is 13.8 Å². The molecule has 0 aliphatic rings.